The zero-order chi connectivity index (χ0) is 19.3. The first kappa shape index (κ1) is 20.6. The average Bonchev–Trinajstić information content (AvgIpc) is 2.81. The lowest BCUT2D eigenvalue weighted by Gasteiger charge is -2.26. The topological polar surface area (TPSA) is 112 Å². The summed E-state index contributed by atoms with van der Waals surface area (Å²) in [6.07, 6.45) is -4.17. The normalized spacial score (nSPS) is 25.1. The van der Waals surface area contributed by atoms with Crippen molar-refractivity contribution in [3.63, 3.8) is 0 Å². The van der Waals surface area contributed by atoms with E-state index in [0.29, 0.717) is 30.9 Å². The Bertz CT molecular complexity index is 637. The number of aliphatic hydroxyl groups excluding tert-OH is 1. The highest BCUT2D eigenvalue weighted by molar-refractivity contribution is 5.23. The Morgan fingerprint density at radius 1 is 1.38 bits per heavy atom. The van der Waals surface area contributed by atoms with Crippen molar-refractivity contribution >= 4 is 5.82 Å². The fourth-order valence-corrected chi connectivity index (χ4v) is 2.71. The molecule has 1 aromatic heterocycles. The van der Waals surface area contributed by atoms with Crippen LogP contribution in [0.2, 0.25) is 0 Å². The van der Waals surface area contributed by atoms with Gasteiger partial charge < -0.3 is 25.1 Å². The molecule has 3 N–H and O–H groups in total. The molecular formula is C15H24F2N4O5. The van der Waals surface area contributed by atoms with Crippen LogP contribution in [0, 0.1) is 0 Å². The zero-order valence-electron chi connectivity index (χ0n) is 14.7. The smallest absolute Gasteiger partial charge is 0.351 e. The van der Waals surface area contributed by atoms with Crippen molar-refractivity contribution in [3.05, 3.63) is 22.7 Å². The second-order valence-electron chi connectivity index (χ2n) is 5.97. The summed E-state index contributed by atoms with van der Waals surface area (Å²) in [7, 11) is 3.06. The Morgan fingerprint density at radius 2 is 2.00 bits per heavy atom. The summed E-state index contributed by atoms with van der Waals surface area (Å²) in [4.78, 5) is 17.1. The minimum absolute atomic E-state index is 0.0249. The third kappa shape index (κ3) is 4.54. The number of hydrogen-bond donors (Lipinski definition) is 2. The summed E-state index contributed by atoms with van der Waals surface area (Å²) in [5, 5.41) is 10.1. The minimum Gasteiger partial charge on any atom is -0.384 e. The lowest BCUT2D eigenvalue weighted by molar-refractivity contribution is -0.140. The first-order chi connectivity index (χ1) is 12.3. The average molecular weight is 378 g/mol. The molecule has 0 saturated carbocycles. The van der Waals surface area contributed by atoms with Gasteiger partial charge in [0.1, 0.15) is 18.0 Å². The Morgan fingerprint density at radius 3 is 2.54 bits per heavy atom. The van der Waals surface area contributed by atoms with Crippen LogP contribution >= 0.6 is 0 Å². The predicted molar refractivity (Wildman–Crippen MR) is 88.0 cm³/mol. The second kappa shape index (κ2) is 8.82. The van der Waals surface area contributed by atoms with Gasteiger partial charge in [-0.05, 0) is 6.07 Å². The molecule has 0 aliphatic carbocycles. The van der Waals surface area contributed by atoms with Gasteiger partial charge in [0.25, 0.3) is 0 Å². The van der Waals surface area contributed by atoms with Crippen LogP contribution in [-0.4, -0.2) is 84.8 Å². The lowest BCUT2D eigenvalue weighted by atomic mass is 10.1. The molecule has 2 rings (SSSR count). The van der Waals surface area contributed by atoms with Crippen molar-refractivity contribution in [2.24, 2.45) is 0 Å². The fraction of sp³-hybridized carbons (Fsp3) is 0.733. The van der Waals surface area contributed by atoms with Gasteiger partial charge in [-0.25, -0.2) is 4.79 Å². The molecule has 0 aromatic carbocycles. The minimum atomic E-state index is -3.67. The van der Waals surface area contributed by atoms with Gasteiger partial charge in [-0.15, -0.1) is 0 Å². The second-order valence-corrected chi connectivity index (χ2v) is 5.97. The maximum atomic E-state index is 14.5. The van der Waals surface area contributed by atoms with Crippen molar-refractivity contribution in [2.75, 3.05) is 52.8 Å². The Hall–Kier alpha value is -1.66. The number of alkyl halides is 2. The maximum Gasteiger partial charge on any atom is 0.351 e. The molecule has 3 atom stereocenters. The Labute approximate surface area is 149 Å². The molecule has 1 aliphatic heterocycles. The molecule has 0 spiro atoms. The lowest BCUT2D eigenvalue weighted by Crippen LogP contribution is -2.45. The number of aromatic nitrogens is 2. The molecule has 2 heterocycles. The predicted octanol–water partition coefficient (Wildman–Crippen LogP) is -0.686. The number of anilines is 1. The van der Waals surface area contributed by atoms with Gasteiger partial charge >= 0.3 is 11.6 Å². The summed E-state index contributed by atoms with van der Waals surface area (Å²) in [6, 6.07) is 1.21. The van der Waals surface area contributed by atoms with Gasteiger partial charge in [-0.2, -0.15) is 13.8 Å². The van der Waals surface area contributed by atoms with E-state index in [1.807, 2.05) is 0 Å². The highest BCUT2D eigenvalue weighted by Gasteiger charge is 2.59. The van der Waals surface area contributed by atoms with E-state index in [2.05, 4.69) is 4.98 Å². The number of nitrogens with zero attached hydrogens (tertiary/aromatic N) is 3. The van der Waals surface area contributed by atoms with Gasteiger partial charge in [0.15, 0.2) is 0 Å². The summed E-state index contributed by atoms with van der Waals surface area (Å²) in [6.45, 7) is 1.69. The first-order valence-corrected chi connectivity index (χ1v) is 8.07. The van der Waals surface area contributed by atoms with Crippen molar-refractivity contribution in [1.29, 1.82) is 0 Å². The molecule has 11 heteroatoms. The Balaban J connectivity index is 2.16. The number of halogens is 2. The van der Waals surface area contributed by atoms with Crippen LogP contribution in [0.25, 0.3) is 0 Å². The van der Waals surface area contributed by atoms with Crippen LogP contribution in [-0.2, 0) is 14.2 Å². The van der Waals surface area contributed by atoms with Gasteiger partial charge in [0.05, 0.1) is 13.2 Å². The van der Waals surface area contributed by atoms with E-state index in [4.69, 9.17) is 19.9 Å². The van der Waals surface area contributed by atoms with Crippen LogP contribution in [0.5, 0.6) is 0 Å². The van der Waals surface area contributed by atoms with E-state index < -0.39 is 30.0 Å². The number of aliphatic hydroxyl groups is 1. The van der Waals surface area contributed by atoms with Crippen LogP contribution < -0.4 is 11.4 Å². The zero-order valence-corrected chi connectivity index (χ0v) is 14.7. The standard InChI is InChI=1S/C15H24F2N4O5/c1-24-7-5-20(6-8-25-2)9-10-12(22)15(16,17)13(26-10)21-4-3-11(18)19-14(21)23/h3-4,10,12-13,22H,5-9H2,1-2H3,(H2,18,19,23)/t10-,12-,13-/m1/s1. The van der Waals surface area contributed by atoms with E-state index in [-0.39, 0.29) is 12.4 Å². The monoisotopic (exact) mass is 378 g/mol. The number of methoxy groups -OCH3 is 2. The molecule has 1 fully saturated rings. The van der Waals surface area contributed by atoms with Crippen molar-refractivity contribution < 1.29 is 28.1 Å². The van der Waals surface area contributed by atoms with Gasteiger partial charge in [0.2, 0.25) is 6.23 Å². The summed E-state index contributed by atoms with van der Waals surface area (Å²) < 4.78 is 45.0. The molecule has 148 valence electrons. The number of rotatable bonds is 9. The van der Waals surface area contributed by atoms with Crippen molar-refractivity contribution in [1.82, 2.24) is 14.5 Å². The van der Waals surface area contributed by atoms with Crippen molar-refractivity contribution in [3.8, 4) is 0 Å². The first-order valence-electron chi connectivity index (χ1n) is 8.07. The Kier molecular flexibility index (Phi) is 7.01. The van der Waals surface area contributed by atoms with Gasteiger partial charge in [-0.3, -0.25) is 9.47 Å². The van der Waals surface area contributed by atoms with Crippen molar-refractivity contribution in [2.45, 2.75) is 24.4 Å². The molecule has 9 nitrogen and oxygen atoms in total. The number of hydrogen-bond acceptors (Lipinski definition) is 8. The molecule has 0 amide bonds. The molecule has 1 aliphatic rings. The quantitative estimate of drug-likeness (QED) is 0.581. The highest BCUT2D eigenvalue weighted by Crippen LogP contribution is 2.42. The molecule has 1 saturated heterocycles. The van der Waals surface area contributed by atoms with Crippen LogP contribution in [0.3, 0.4) is 0 Å². The van der Waals surface area contributed by atoms with E-state index in [1.54, 1.807) is 4.90 Å². The van der Waals surface area contributed by atoms with Gasteiger partial charge in [0, 0.05) is 40.1 Å². The summed E-state index contributed by atoms with van der Waals surface area (Å²) in [5.41, 5.74) is 4.40. The molecule has 1 aromatic rings. The van der Waals surface area contributed by atoms with E-state index in [0.717, 1.165) is 6.20 Å². The van der Waals surface area contributed by atoms with Crippen LogP contribution in [0.15, 0.2) is 17.1 Å². The fourth-order valence-electron chi connectivity index (χ4n) is 2.71. The van der Waals surface area contributed by atoms with Gasteiger partial charge in [-0.1, -0.05) is 0 Å². The van der Waals surface area contributed by atoms with Crippen LogP contribution in [0.4, 0.5) is 14.6 Å². The summed E-state index contributed by atoms with van der Waals surface area (Å²) >= 11 is 0. The summed E-state index contributed by atoms with van der Waals surface area (Å²) in [5.74, 6) is -3.75. The van der Waals surface area contributed by atoms with E-state index >= 15 is 0 Å². The maximum absolute atomic E-state index is 14.5. The SMILES string of the molecule is COCCN(CCOC)C[C@H]1O[C@@H](n2ccc(N)nc2=O)C(F)(F)[C@@H]1O. The largest absolute Gasteiger partial charge is 0.384 e. The number of nitrogens with two attached hydrogens (primary N) is 1. The molecular weight excluding hydrogens is 354 g/mol. The van der Waals surface area contributed by atoms with Crippen LogP contribution in [0.1, 0.15) is 6.23 Å². The molecule has 0 radical (unpaired) electrons. The molecule has 26 heavy (non-hydrogen) atoms. The molecule has 0 unspecified atom stereocenters. The van der Waals surface area contributed by atoms with E-state index in [1.165, 1.54) is 20.3 Å². The van der Waals surface area contributed by atoms with E-state index in [9.17, 15) is 18.7 Å². The third-order valence-corrected chi connectivity index (χ3v) is 4.15. The third-order valence-electron chi connectivity index (χ3n) is 4.15. The highest BCUT2D eigenvalue weighted by atomic mass is 19.3. The number of ether oxygens (including phenoxy) is 3. The number of nitrogen functional groups attached to an aromatic ring is 1. The molecule has 0 bridgehead atoms.